The number of hydrogen-bond acceptors (Lipinski definition) is 3. The van der Waals surface area contributed by atoms with Gasteiger partial charge in [-0.3, -0.25) is 4.79 Å². The van der Waals surface area contributed by atoms with E-state index >= 15 is 0 Å². The molecule has 1 unspecified atom stereocenters. The summed E-state index contributed by atoms with van der Waals surface area (Å²) in [5.74, 6) is 0.879. The first-order chi connectivity index (χ1) is 9.67. The molecule has 0 saturated carbocycles. The van der Waals surface area contributed by atoms with Crippen LogP contribution in [0.4, 0.5) is 5.69 Å². The molecule has 0 aromatic heterocycles. The van der Waals surface area contributed by atoms with Gasteiger partial charge in [0.25, 0.3) is 0 Å². The summed E-state index contributed by atoms with van der Waals surface area (Å²) in [6, 6.07) is 7.40. The molecule has 1 amide bonds. The molecule has 1 rings (SSSR count). The number of carbonyl (C=O) groups excluding carboxylic acids is 1. The van der Waals surface area contributed by atoms with Gasteiger partial charge in [0.1, 0.15) is 11.8 Å². The number of anilines is 1. The number of carbonyl (C=O) groups is 1. The molecule has 4 heteroatoms. The maximum Gasteiger partial charge on any atom is 0.242 e. The molecule has 0 aliphatic heterocycles. The van der Waals surface area contributed by atoms with Crippen LogP contribution in [0.25, 0.3) is 0 Å². The summed E-state index contributed by atoms with van der Waals surface area (Å²) in [6.07, 6.45) is 3.36. The molecule has 0 aliphatic carbocycles. The predicted octanol–water partition coefficient (Wildman–Crippen LogP) is 3.19. The van der Waals surface area contributed by atoms with Crippen LogP contribution in [0.3, 0.4) is 0 Å². The quantitative estimate of drug-likeness (QED) is 0.682. The van der Waals surface area contributed by atoms with Crippen molar-refractivity contribution >= 4 is 11.6 Å². The number of rotatable bonds is 9. The standard InChI is InChI=1S/C16H26N2O2/c1-4-6-7-12-17-16(19)13(3)18-14-8-10-15(11-9-14)20-5-2/h8-11,13,18H,4-7,12H2,1-3H3,(H,17,19). The Kier molecular flexibility index (Phi) is 7.55. The van der Waals surface area contributed by atoms with Crippen molar-refractivity contribution in [3.8, 4) is 5.75 Å². The number of ether oxygens (including phenoxy) is 1. The van der Waals surface area contributed by atoms with E-state index in [1.54, 1.807) is 0 Å². The van der Waals surface area contributed by atoms with Crippen LogP contribution in [0.15, 0.2) is 24.3 Å². The van der Waals surface area contributed by atoms with Crippen LogP contribution >= 0.6 is 0 Å². The molecule has 112 valence electrons. The molecule has 0 fully saturated rings. The first kappa shape index (κ1) is 16.3. The minimum Gasteiger partial charge on any atom is -0.494 e. The lowest BCUT2D eigenvalue weighted by Crippen LogP contribution is -2.37. The highest BCUT2D eigenvalue weighted by atomic mass is 16.5. The van der Waals surface area contributed by atoms with Gasteiger partial charge in [0, 0.05) is 12.2 Å². The first-order valence-electron chi connectivity index (χ1n) is 7.44. The molecule has 1 aromatic rings. The van der Waals surface area contributed by atoms with E-state index in [9.17, 15) is 4.79 Å². The lowest BCUT2D eigenvalue weighted by molar-refractivity contribution is -0.121. The molecule has 0 bridgehead atoms. The average Bonchev–Trinajstić information content (AvgIpc) is 2.45. The largest absolute Gasteiger partial charge is 0.494 e. The fourth-order valence-electron chi connectivity index (χ4n) is 1.87. The van der Waals surface area contributed by atoms with E-state index in [2.05, 4.69) is 17.6 Å². The minimum atomic E-state index is -0.241. The van der Waals surface area contributed by atoms with Gasteiger partial charge in [-0.05, 0) is 44.5 Å². The van der Waals surface area contributed by atoms with Crippen LogP contribution in [-0.4, -0.2) is 25.1 Å². The molecular formula is C16H26N2O2. The maximum atomic E-state index is 11.9. The summed E-state index contributed by atoms with van der Waals surface area (Å²) in [7, 11) is 0. The molecule has 1 atom stereocenters. The Balaban J connectivity index is 2.36. The van der Waals surface area contributed by atoms with E-state index in [0.29, 0.717) is 6.61 Å². The Labute approximate surface area is 121 Å². The van der Waals surface area contributed by atoms with Crippen LogP contribution < -0.4 is 15.4 Å². The van der Waals surface area contributed by atoms with Gasteiger partial charge in [0.05, 0.1) is 6.61 Å². The van der Waals surface area contributed by atoms with Gasteiger partial charge in [0.2, 0.25) is 5.91 Å². The van der Waals surface area contributed by atoms with Gasteiger partial charge < -0.3 is 15.4 Å². The highest BCUT2D eigenvalue weighted by molar-refractivity contribution is 5.84. The van der Waals surface area contributed by atoms with Crippen LogP contribution in [0.5, 0.6) is 5.75 Å². The molecule has 0 heterocycles. The number of nitrogens with one attached hydrogen (secondary N) is 2. The summed E-state index contributed by atoms with van der Waals surface area (Å²) >= 11 is 0. The number of hydrogen-bond donors (Lipinski definition) is 2. The van der Waals surface area contributed by atoms with Crippen molar-refractivity contribution in [1.82, 2.24) is 5.32 Å². The second-order valence-electron chi connectivity index (χ2n) is 4.82. The van der Waals surface area contributed by atoms with Crippen molar-refractivity contribution < 1.29 is 9.53 Å². The van der Waals surface area contributed by atoms with Crippen molar-refractivity contribution in [2.24, 2.45) is 0 Å². The Morgan fingerprint density at radius 2 is 1.90 bits per heavy atom. The SMILES string of the molecule is CCCCCNC(=O)C(C)Nc1ccc(OCC)cc1. The third-order valence-corrected chi connectivity index (χ3v) is 3.02. The smallest absolute Gasteiger partial charge is 0.242 e. The first-order valence-corrected chi connectivity index (χ1v) is 7.44. The normalized spacial score (nSPS) is 11.8. The van der Waals surface area contributed by atoms with Crippen LogP contribution in [0, 0.1) is 0 Å². The van der Waals surface area contributed by atoms with E-state index in [1.165, 1.54) is 0 Å². The molecular weight excluding hydrogens is 252 g/mol. The molecule has 1 aromatic carbocycles. The third-order valence-electron chi connectivity index (χ3n) is 3.02. The summed E-state index contributed by atoms with van der Waals surface area (Å²) in [5, 5.41) is 6.13. The molecule has 0 radical (unpaired) electrons. The second kappa shape index (κ2) is 9.23. The topological polar surface area (TPSA) is 50.4 Å². The average molecular weight is 278 g/mol. The van der Waals surface area contributed by atoms with E-state index in [-0.39, 0.29) is 11.9 Å². The van der Waals surface area contributed by atoms with E-state index in [0.717, 1.165) is 37.2 Å². The van der Waals surface area contributed by atoms with Gasteiger partial charge in [0.15, 0.2) is 0 Å². The minimum absolute atomic E-state index is 0.0370. The van der Waals surface area contributed by atoms with Crippen molar-refractivity contribution in [2.45, 2.75) is 46.1 Å². The summed E-state index contributed by atoms with van der Waals surface area (Å²) < 4.78 is 5.38. The van der Waals surface area contributed by atoms with Crippen molar-refractivity contribution in [3.63, 3.8) is 0 Å². The molecule has 20 heavy (non-hydrogen) atoms. The third kappa shape index (κ3) is 5.95. The molecule has 0 spiro atoms. The van der Waals surface area contributed by atoms with Gasteiger partial charge in [-0.1, -0.05) is 19.8 Å². The molecule has 2 N–H and O–H groups in total. The lowest BCUT2D eigenvalue weighted by Gasteiger charge is -2.15. The second-order valence-corrected chi connectivity index (χ2v) is 4.82. The van der Waals surface area contributed by atoms with Crippen molar-refractivity contribution in [2.75, 3.05) is 18.5 Å². The van der Waals surface area contributed by atoms with Crippen LogP contribution in [0.1, 0.15) is 40.0 Å². The fraction of sp³-hybridized carbons (Fsp3) is 0.562. The Morgan fingerprint density at radius 3 is 2.50 bits per heavy atom. The van der Waals surface area contributed by atoms with Crippen molar-refractivity contribution in [1.29, 1.82) is 0 Å². The summed E-state index contributed by atoms with van der Waals surface area (Å²) in [6.45, 7) is 7.38. The molecule has 0 aliphatic rings. The van der Waals surface area contributed by atoms with Gasteiger partial charge in [-0.2, -0.15) is 0 Å². The monoisotopic (exact) mass is 278 g/mol. The van der Waals surface area contributed by atoms with Crippen LogP contribution in [-0.2, 0) is 4.79 Å². The number of amides is 1. The van der Waals surface area contributed by atoms with E-state index < -0.39 is 0 Å². The zero-order valence-electron chi connectivity index (χ0n) is 12.7. The molecule has 4 nitrogen and oxygen atoms in total. The Hall–Kier alpha value is -1.71. The fourth-order valence-corrected chi connectivity index (χ4v) is 1.87. The summed E-state index contributed by atoms with van der Waals surface area (Å²) in [4.78, 5) is 11.9. The highest BCUT2D eigenvalue weighted by Gasteiger charge is 2.11. The predicted molar refractivity (Wildman–Crippen MR) is 83.2 cm³/mol. The van der Waals surface area contributed by atoms with Crippen LogP contribution in [0.2, 0.25) is 0 Å². The molecule has 0 saturated heterocycles. The Bertz CT molecular complexity index is 390. The zero-order chi connectivity index (χ0) is 14.8. The number of benzene rings is 1. The maximum absolute atomic E-state index is 11.9. The highest BCUT2D eigenvalue weighted by Crippen LogP contribution is 2.16. The zero-order valence-corrected chi connectivity index (χ0v) is 12.7. The number of unbranched alkanes of at least 4 members (excludes halogenated alkanes) is 2. The lowest BCUT2D eigenvalue weighted by atomic mass is 10.2. The van der Waals surface area contributed by atoms with Crippen molar-refractivity contribution in [3.05, 3.63) is 24.3 Å². The van der Waals surface area contributed by atoms with E-state index in [4.69, 9.17) is 4.74 Å². The van der Waals surface area contributed by atoms with Gasteiger partial charge in [-0.25, -0.2) is 0 Å². The Morgan fingerprint density at radius 1 is 1.20 bits per heavy atom. The summed E-state index contributed by atoms with van der Waals surface area (Å²) in [5.41, 5.74) is 0.921. The van der Waals surface area contributed by atoms with E-state index in [1.807, 2.05) is 38.1 Å². The van der Waals surface area contributed by atoms with Gasteiger partial charge >= 0.3 is 0 Å². The van der Waals surface area contributed by atoms with Gasteiger partial charge in [-0.15, -0.1) is 0 Å².